The molecule has 2 rings (SSSR count). The van der Waals surface area contributed by atoms with Gasteiger partial charge in [-0.1, -0.05) is 15.9 Å². The lowest BCUT2D eigenvalue weighted by atomic mass is 10.3. The van der Waals surface area contributed by atoms with Crippen LogP contribution in [-0.4, -0.2) is 21.5 Å². The van der Waals surface area contributed by atoms with Crippen molar-refractivity contribution in [2.45, 2.75) is 26.4 Å². The van der Waals surface area contributed by atoms with E-state index in [-0.39, 0.29) is 5.91 Å². The normalized spacial score (nSPS) is 12.7. The third kappa shape index (κ3) is 2.39. The minimum atomic E-state index is -0.554. The van der Waals surface area contributed by atoms with E-state index >= 15 is 0 Å². The van der Waals surface area contributed by atoms with E-state index in [9.17, 15) is 4.79 Å². The van der Waals surface area contributed by atoms with Gasteiger partial charge in [-0.15, -0.1) is 0 Å². The van der Waals surface area contributed by atoms with Crippen molar-refractivity contribution < 1.29 is 4.79 Å². The van der Waals surface area contributed by atoms with Crippen LogP contribution in [0.4, 0.5) is 5.95 Å². The number of nitrogens with one attached hydrogen (secondary N) is 1. The number of nitrogens with two attached hydrogens (primary N) is 1. The maximum atomic E-state index is 11.6. The first kappa shape index (κ1) is 13.0. The molecule has 1 aromatic carbocycles. The van der Waals surface area contributed by atoms with Gasteiger partial charge in [-0.2, -0.15) is 0 Å². The van der Waals surface area contributed by atoms with Crippen LogP contribution in [0.5, 0.6) is 0 Å². The molecule has 0 fully saturated rings. The van der Waals surface area contributed by atoms with Gasteiger partial charge in [0.25, 0.3) is 0 Å². The van der Waals surface area contributed by atoms with E-state index in [2.05, 4.69) is 26.2 Å². The zero-order chi connectivity index (χ0) is 13.3. The van der Waals surface area contributed by atoms with Crippen molar-refractivity contribution in [3.63, 3.8) is 0 Å². The number of hydrogen-bond donors (Lipinski definition) is 2. The molecule has 0 saturated heterocycles. The lowest BCUT2D eigenvalue weighted by Gasteiger charge is -2.09. The Balaban J connectivity index is 2.47. The molecule has 2 aromatic rings. The van der Waals surface area contributed by atoms with Crippen LogP contribution in [0.3, 0.4) is 0 Å². The SMILES string of the molecule is CCn1c(NC(=O)C(C)N)nc2ccc(Br)cc21. The number of carbonyl (C=O) groups excluding carboxylic acids is 1. The summed E-state index contributed by atoms with van der Waals surface area (Å²) in [5.74, 6) is 0.298. The number of imidazole rings is 1. The highest BCUT2D eigenvalue weighted by molar-refractivity contribution is 9.10. The molecule has 0 aliphatic carbocycles. The Morgan fingerprint density at radius 1 is 1.61 bits per heavy atom. The predicted octanol–water partition coefficient (Wildman–Crippen LogP) is 2.10. The van der Waals surface area contributed by atoms with E-state index in [0.717, 1.165) is 22.1 Å². The summed E-state index contributed by atoms with van der Waals surface area (Å²) < 4.78 is 2.93. The Labute approximate surface area is 113 Å². The second-order valence-electron chi connectivity index (χ2n) is 4.09. The summed E-state index contributed by atoms with van der Waals surface area (Å²) in [5, 5.41) is 2.74. The number of fused-ring (bicyclic) bond motifs is 1. The van der Waals surface area contributed by atoms with Crippen molar-refractivity contribution in [2.24, 2.45) is 5.73 Å². The molecule has 6 heteroatoms. The molecule has 1 amide bonds. The molecule has 0 aliphatic heterocycles. The van der Waals surface area contributed by atoms with Gasteiger partial charge in [-0.25, -0.2) is 4.98 Å². The maximum Gasteiger partial charge on any atom is 0.243 e. The highest BCUT2D eigenvalue weighted by atomic mass is 79.9. The van der Waals surface area contributed by atoms with Crippen molar-refractivity contribution >= 4 is 38.8 Å². The Bertz CT molecular complexity index is 591. The fraction of sp³-hybridized carbons (Fsp3) is 0.333. The van der Waals surface area contributed by atoms with Gasteiger partial charge in [0.05, 0.1) is 17.1 Å². The standard InChI is InChI=1S/C12H15BrN4O/c1-3-17-10-6-8(13)4-5-9(10)15-12(17)16-11(18)7(2)14/h4-7H,3,14H2,1-2H3,(H,15,16,18). The number of benzene rings is 1. The molecule has 0 bridgehead atoms. The van der Waals surface area contributed by atoms with E-state index in [1.165, 1.54) is 0 Å². The summed E-state index contributed by atoms with van der Waals surface area (Å²) in [6.45, 7) is 4.37. The number of halogens is 1. The average molecular weight is 311 g/mol. The Hall–Kier alpha value is -1.40. The zero-order valence-corrected chi connectivity index (χ0v) is 11.9. The molecule has 5 nitrogen and oxygen atoms in total. The van der Waals surface area contributed by atoms with E-state index in [1.807, 2.05) is 29.7 Å². The van der Waals surface area contributed by atoms with Crippen molar-refractivity contribution in [3.8, 4) is 0 Å². The van der Waals surface area contributed by atoms with Crippen LogP contribution in [0, 0.1) is 0 Å². The Kier molecular flexibility index (Phi) is 3.68. The molecular weight excluding hydrogens is 296 g/mol. The number of anilines is 1. The fourth-order valence-corrected chi connectivity index (χ4v) is 2.08. The molecule has 1 heterocycles. The van der Waals surface area contributed by atoms with Crippen LogP contribution in [0.25, 0.3) is 11.0 Å². The lowest BCUT2D eigenvalue weighted by molar-refractivity contribution is -0.117. The number of rotatable bonds is 3. The van der Waals surface area contributed by atoms with Gasteiger partial charge >= 0.3 is 0 Å². The molecule has 1 aromatic heterocycles. The smallest absolute Gasteiger partial charge is 0.243 e. The minimum absolute atomic E-state index is 0.237. The molecular formula is C12H15BrN4O. The molecule has 1 atom stereocenters. The second kappa shape index (κ2) is 5.07. The first-order valence-corrected chi connectivity index (χ1v) is 6.54. The van der Waals surface area contributed by atoms with Crippen LogP contribution < -0.4 is 11.1 Å². The summed E-state index contributed by atoms with van der Waals surface area (Å²) in [7, 11) is 0. The third-order valence-corrected chi connectivity index (χ3v) is 3.17. The van der Waals surface area contributed by atoms with Gasteiger partial charge in [0.1, 0.15) is 0 Å². The van der Waals surface area contributed by atoms with Crippen LogP contribution >= 0.6 is 15.9 Å². The number of carbonyl (C=O) groups is 1. The number of aromatic nitrogens is 2. The van der Waals surface area contributed by atoms with E-state index in [0.29, 0.717) is 5.95 Å². The first-order chi connectivity index (χ1) is 8.52. The van der Waals surface area contributed by atoms with Gasteiger partial charge in [-0.05, 0) is 32.0 Å². The first-order valence-electron chi connectivity index (χ1n) is 5.75. The molecule has 1 unspecified atom stereocenters. The summed E-state index contributed by atoms with van der Waals surface area (Å²) in [6, 6.07) is 5.26. The fourth-order valence-electron chi connectivity index (χ4n) is 1.74. The third-order valence-electron chi connectivity index (χ3n) is 2.68. The Morgan fingerprint density at radius 2 is 2.33 bits per heavy atom. The number of aryl methyl sites for hydroxylation is 1. The summed E-state index contributed by atoms with van der Waals surface area (Å²) in [6.07, 6.45) is 0. The van der Waals surface area contributed by atoms with Crippen molar-refractivity contribution in [2.75, 3.05) is 5.32 Å². The van der Waals surface area contributed by atoms with Crippen molar-refractivity contribution in [1.29, 1.82) is 0 Å². The van der Waals surface area contributed by atoms with Crippen molar-refractivity contribution in [1.82, 2.24) is 9.55 Å². The van der Waals surface area contributed by atoms with Gasteiger partial charge in [-0.3, -0.25) is 10.1 Å². The van der Waals surface area contributed by atoms with Gasteiger partial charge in [0.15, 0.2) is 0 Å². The zero-order valence-electron chi connectivity index (χ0n) is 10.3. The van der Waals surface area contributed by atoms with Crippen molar-refractivity contribution in [3.05, 3.63) is 22.7 Å². The highest BCUT2D eigenvalue weighted by Gasteiger charge is 2.14. The lowest BCUT2D eigenvalue weighted by Crippen LogP contribution is -2.33. The molecule has 0 saturated carbocycles. The topological polar surface area (TPSA) is 72.9 Å². The molecule has 96 valence electrons. The van der Waals surface area contributed by atoms with Crippen LogP contribution in [0.1, 0.15) is 13.8 Å². The number of nitrogens with zero attached hydrogens (tertiary/aromatic N) is 2. The van der Waals surface area contributed by atoms with E-state index in [4.69, 9.17) is 5.73 Å². The summed E-state index contributed by atoms with van der Waals surface area (Å²) in [4.78, 5) is 16.0. The molecule has 18 heavy (non-hydrogen) atoms. The average Bonchev–Trinajstić information content (AvgIpc) is 2.65. The predicted molar refractivity (Wildman–Crippen MR) is 75.4 cm³/mol. The maximum absolute atomic E-state index is 11.6. The largest absolute Gasteiger partial charge is 0.320 e. The van der Waals surface area contributed by atoms with Crippen LogP contribution in [0.15, 0.2) is 22.7 Å². The monoisotopic (exact) mass is 310 g/mol. The van der Waals surface area contributed by atoms with E-state index < -0.39 is 6.04 Å². The molecule has 3 N–H and O–H groups in total. The van der Waals surface area contributed by atoms with E-state index in [1.54, 1.807) is 6.92 Å². The summed E-state index contributed by atoms with van der Waals surface area (Å²) in [5.41, 5.74) is 7.36. The van der Waals surface area contributed by atoms with Gasteiger partial charge in [0.2, 0.25) is 11.9 Å². The molecule has 0 aliphatic rings. The summed E-state index contributed by atoms with van der Waals surface area (Å²) >= 11 is 3.43. The highest BCUT2D eigenvalue weighted by Crippen LogP contribution is 2.23. The van der Waals surface area contributed by atoms with Gasteiger partial charge in [0, 0.05) is 11.0 Å². The second-order valence-corrected chi connectivity index (χ2v) is 5.01. The minimum Gasteiger partial charge on any atom is -0.320 e. The molecule has 0 radical (unpaired) electrons. The quantitative estimate of drug-likeness (QED) is 0.912. The number of hydrogen-bond acceptors (Lipinski definition) is 3. The Morgan fingerprint density at radius 3 is 2.94 bits per heavy atom. The number of amides is 1. The molecule has 0 spiro atoms. The van der Waals surface area contributed by atoms with Crippen LogP contribution in [0.2, 0.25) is 0 Å². The van der Waals surface area contributed by atoms with Gasteiger partial charge < -0.3 is 10.3 Å². The van der Waals surface area contributed by atoms with Crippen LogP contribution in [-0.2, 0) is 11.3 Å².